The smallest absolute Gasteiger partial charge is 0.325 e. The molecule has 1 rings (SSSR count). The van der Waals surface area contributed by atoms with Gasteiger partial charge in [-0.2, -0.15) is 0 Å². The molecule has 8 heteroatoms. The molecule has 0 fully saturated rings. The number of carboxylic acid groups (broad SMARTS) is 1. The minimum Gasteiger partial charge on any atom is -0.493 e. The lowest BCUT2D eigenvalue weighted by atomic mass is 10.1. The van der Waals surface area contributed by atoms with Gasteiger partial charge in [0.2, 0.25) is 5.75 Å². The maximum Gasteiger partial charge on any atom is 0.325 e. The number of hydrogen-bond acceptors (Lipinski definition) is 6. The number of hydrogen-bond donors (Lipinski definition) is 2. The molecule has 0 aliphatic heterocycles. The first-order valence-electron chi connectivity index (χ1n) is 4.81. The van der Waals surface area contributed by atoms with Crippen molar-refractivity contribution in [2.75, 3.05) is 14.2 Å². The Morgan fingerprint density at radius 3 is 2.44 bits per heavy atom. The van der Waals surface area contributed by atoms with E-state index in [9.17, 15) is 14.9 Å². The van der Waals surface area contributed by atoms with E-state index in [0.717, 1.165) is 6.07 Å². The minimum atomic E-state index is -1.37. The molecule has 0 aliphatic carbocycles. The molecule has 0 aliphatic rings. The molecule has 0 heterocycles. The SMILES string of the molecule is COc1cc(C(N)C(=O)O)cc([N+](=O)[O-])c1OC. The molecule has 0 saturated carbocycles. The van der Waals surface area contributed by atoms with Crippen molar-refractivity contribution >= 4 is 11.7 Å². The van der Waals surface area contributed by atoms with E-state index < -0.39 is 22.6 Å². The molecule has 8 nitrogen and oxygen atoms in total. The van der Waals surface area contributed by atoms with Crippen LogP contribution in [0.3, 0.4) is 0 Å². The van der Waals surface area contributed by atoms with Gasteiger partial charge < -0.3 is 20.3 Å². The zero-order valence-electron chi connectivity index (χ0n) is 9.75. The van der Waals surface area contributed by atoms with Crippen LogP contribution in [0.2, 0.25) is 0 Å². The van der Waals surface area contributed by atoms with Crippen molar-refractivity contribution in [1.29, 1.82) is 0 Å². The average Bonchev–Trinajstić information content (AvgIpc) is 2.35. The second kappa shape index (κ2) is 5.32. The Bertz CT molecular complexity index is 488. The van der Waals surface area contributed by atoms with Gasteiger partial charge in [-0.3, -0.25) is 14.9 Å². The monoisotopic (exact) mass is 256 g/mol. The van der Waals surface area contributed by atoms with E-state index in [2.05, 4.69) is 0 Å². The average molecular weight is 256 g/mol. The van der Waals surface area contributed by atoms with Crippen LogP contribution in [0.25, 0.3) is 0 Å². The van der Waals surface area contributed by atoms with Crippen molar-refractivity contribution in [2.45, 2.75) is 6.04 Å². The summed E-state index contributed by atoms with van der Waals surface area (Å²) in [5, 5.41) is 19.7. The summed E-state index contributed by atoms with van der Waals surface area (Å²) in [6.45, 7) is 0. The fraction of sp³-hybridized carbons (Fsp3) is 0.300. The number of aliphatic carboxylic acids is 1. The lowest BCUT2D eigenvalue weighted by Crippen LogP contribution is -2.20. The van der Waals surface area contributed by atoms with Crippen LogP contribution < -0.4 is 15.2 Å². The van der Waals surface area contributed by atoms with Crippen LogP contribution in [0, 0.1) is 10.1 Å². The molecule has 3 N–H and O–H groups in total. The van der Waals surface area contributed by atoms with Gasteiger partial charge in [0.1, 0.15) is 6.04 Å². The molecule has 1 aromatic carbocycles. The maximum absolute atomic E-state index is 10.9. The van der Waals surface area contributed by atoms with Crippen molar-refractivity contribution < 1.29 is 24.3 Å². The third kappa shape index (κ3) is 2.48. The molecule has 0 radical (unpaired) electrons. The lowest BCUT2D eigenvalue weighted by molar-refractivity contribution is -0.385. The van der Waals surface area contributed by atoms with Crippen LogP contribution in [-0.4, -0.2) is 30.2 Å². The van der Waals surface area contributed by atoms with Gasteiger partial charge in [0.25, 0.3) is 0 Å². The predicted molar refractivity (Wildman–Crippen MR) is 60.8 cm³/mol. The van der Waals surface area contributed by atoms with Gasteiger partial charge in [-0.15, -0.1) is 0 Å². The molecule has 0 saturated heterocycles. The van der Waals surface area contributed by atoms with Gasteiger partial charge in [-0.05, 0) is 11.6 Å². The largest absolute Gasteiger partial charge is 0.493 e. The Hall–Kier alpha value is -2.35. The van der Waals surface area contributed by atoms with E-state index in [-0.39, 0.29) is 17.1 Å². The van der Waals surface area contributed by atoms with Crippen molar-refractivity contribution in [3.05, 3.63) is 27.8 Å². The third-order valence-corrected chi connectivity index (χ3v) is 2.30. The molecular formula is C10H12N2O6. The standard InChI is InChI=1S/C10H12N2O6/c1-17-7-4-5(8(11)10(13)14)3-6(12(15)16)9(7)18-2/h3-4,8H,11H2,1-2H3,(H,13,14). The van der Waals surface area contributed by atoms with Crippen molar-refractivity contribution in [2.24, 2.45) is 5.73 Å². The van der Waals surface area contributed by atoms with Gasteiger partial charge >= 0.3 is 11.7 Å². The highest BCUT2D eigenvalue weighted by atomic mass is 16.6. The predicted octanol–water partition coefficient (Wildman–Crippen LogP) is 0.696. The summed E-state index contributed by atoms with van der Waals surface area (Å²) < 4.78 is 9.79. The number of ether oxygens (including phenoxy) is 2. The Morgan fingerprint density at radius 1 is 1.44 bits per heavy atom. The number of methoxy groups -OCH3 is 2. The van der Waals surface area contributed by atoms with E-state index in [1.165, 1.54) is 20.3 Å². The van der Waals surface area contributed by atoms with Crippen LogP contribution >= 0.6 is 0 Å². The molecule has 0 amide bonds. The molecule has 98 valence electrons. The molecule has 0 aromatic heterocycles. The highest BCUT2D eigenvalue weighted by molar-refractivity contribution is 5.76. The van der Waals surface area contributed by atoms with Crippen molar-refractivity contribution in [1.82, 2.24) is 0 Å². The van der Waals surface area contributed by atoms with Crippen molar-refractivity contribution in [3.8, 4) is 11.5 Å². The first-order valence-corrected chi connectivity index (χ1v) is 4.81. The van der Waals surface area contributed by atoms with E-state index in [4.69, 9.17) is 20.3 Å². The van der Waals surface area contributed by atoms with Crippen LogP contribution in [-0.2, 0) is 4.79 Å². The van der Waals surface area contributed by atoms with E-state index in [1.54, 1.807) is 0 Å². The summed E-state index contributed by atoms with van der Waals surface area (Å²) in [6, 6.07) is 0.980. The second-order valence-corrected chi connectivity index (χ2v) is 3.35. The number of nitro benzene ring substituents is 1. The summed E-state index contributed by atoms with van der Waals surface area (Å²) >= 11 is 0. The summed E-state index contributed by atoms with van der Waals surface area (Å²) in [5.74, 6) is -1.32. The zero-order valence-corrected chi connectivity index (χ0v) is 9.75. The number of carboxylic acids is 1. The molecule has 18 heavy (non-hydrogen) atoms. The molecule has 0 bridgehead atoms. The third-order valence-electron chi connectivity index (χ3n) is 2.30. The fourth-order valence-electron chi connectivity index (χ4n) is 1.42. The summed E-state index contributed by atoms with van der Waals surface area (Å²) in [4.78, 5) is 20.9. The lowest BCUT2D eigenvalue weighted by Gasteiger charge is -2.12. The minimum absolute atomic E-state index is 0.0541. The topological polar surface area (TPSA) is 125 Å². The highest BCUT2D eigenvalue weighted by Crippen LogP contribution is 2.39. The Balaban J connectivity index is 3.45. The summed E-state index contributed by atoms with van der Waals surface area (Å²) in [7, 11) is 2.54. The fourth-order valence-corrected chi connectivity index (χ4v) is 1.42. The Morgan fingerprint density at radius 2 is 2.06 bits per heavy atom. The molecule has 1 unspecified atom stereocenters. The highest BCUT2D eigenvalue weighted by Gasteiger charge is 2.25. The van der Waals surface area contributed by atoms with Crippen LogP contribution in [0.5, 0.6) is 11.5 Å². The Labute approximate surface area is 102 Å². The summed E-state index contributed by atoms with van der Waals surface area (Å²) in [6.07, 6.45) is 0. The Kier molecular flexibility index (Phi) is 4.05. The van der Waals surface area contributed by atoms with E-state index in [1.807, 2.05) is 0 Å². The van der Waals surface area contributed by atoms with Gasteiger partial charge in [0, 0.05) is 6.07 Å². The van der Waals surface area contributed by atoms with Crippen LogP contribution in [0.1, 0.15) is 11.6 Å². The molecule has 1 aromatic rings. The number of nitrogens with two attached hydrogens (primary N) is 1. The molecule has 1 atom stereocenters. The zero-order chi connectivity index (χ0) is 13.9. The number of nitrogens with zero attached hydrogens (tertiary/aromatic N) is 1. The molecule has 0 spiro atoms. The number of rotatable bonds is 5. The number of benzene rings is 1. The number of nitro groups is 1. The van der Waals surface area contributed by atoms with Crippen LogP contribution in [0.4, 0.5) is 5.69 Å². The first-order chi connectivity index (χ1) is 8.42. The van der Waals surface area contributed by atoms with Gasteiger partial charge in [0.05, 0.1) is 19.1 Å². The molecular weight excluding hydrogens is 244 g/mol. The quantitative estimate of drug-likeness (QED) is 0.586. The van der Waals surface area contributed by atoms with Crippen molar-refractivity contribution in [3.63, 3.8) is 0 Å². The van der Waals surface area contributed by atoms with E-state index >= 15 is 0 Å². The first kappa shape index (κ1) is 13.7. The van der Waals surface area contributed by atoms with Gasteiger partial charge in [-0.25, -0.2) is 0 Å². The second-order valence-electron chi connectivity index (χ2n) is 3.35. The van der Waals surface area contributed by atoms with Crippen LogP contribution in [0.15, 0.2) is 12.1 Å². The number of carbonyl (C=O) groups is 1. The summed E-state index contributed by atoms with van der Waals surface area (Å²) in [5.41, 5.74) is 5.07. The maximum atomic E-state index is 10.9. The van der Waals surface area contributed by atoms with E-state index in [0.29, 0.717) is 0 Å². The van der Waals surface area contributed by atoms with Gasteiger partial charge in [0.15, 0.2) is 5.75 Å². The normalized spacial score (nSPS) is 11.7. The van der Waals surface area contributed by atoms with Gasteiger partial charge in [-0.1, -0.05) is 0 Å².